The predicted octanol–water partition coefficient (Wildman–Crippen LogP) is 2.74. The Hall–Kier alpha value is -2.27. The van der Waals surface area contributed by atoms with Crippen LogP contribution in [0.4, 0.5) is 0 Å². The van der Waals surface area contributed by atoms with Crippen LogP contribution in [-0.2, 0) is 17.9 Å². The van der Waals surface area contributed by atoms with Crippen molar-refractivity contribution in [1.29, 1.82) is 0 Å². The molecule has 1 aliphatic rings. The minimum Gasteiger partial charge on any atom is -0.491 e. The van der Waals surface area contributed by atoms with Gasteiger partial charge in [-0.1, -0.05) is 19.4 Å². The molecule has 1 aromatic heterocycles. The molecule has 3 rings (SSSR count). The molecule has 0 saturated heterocycles. The summed E-state index contributed by atoms with van der Waals surface area (Å²) in [5.41, 5.74) is 1.79. The lowest BCUT2D eigenvalue weighted by Crippen LogP contribution is -2.38. The number of hydrogen-bond acceptors (Lipinski definition) is 3. The van der Waals surface area contributed by atoms with Gasteiger partial charge in [0.1, 0.15) is 18.4 Å². The molecular weight excluding hydrogens is 304 g/mol. The van der Waals surface area contributed by atoms with E-state index in [0.29, 0.717) is 19.7 Å². The Labute approximate surface area is 142 Å². The van der Waals surface area contributed by atoms with Crippen LogP contribution in [0.2, 0.25) is 0 Å². The fraction of sp³-hybridized carbons (Fsp3) is 0.421. The Morgan fingerprint density at radius 1 is 1.33 bits per heavy atom. The van der Waals surface area contributed by atoms with Gasteiger partial charge < -0.3 is 19.3 Å². The molecule has 5 nitrogen and oxygen atoms in total. The molecule has 1 amide bonds. The topological polar surface area (TPSA) is 54.7 Å². The van der Waals surface area contributed by atoms with Crippen molar-refractivity contribution in [3.8, 4) is 5.75 Å². The maximum Gasteiger partial charge on any atom is 0.246 e. The lowest BCUT2D eigenvalue weighted by molar-refractivity contribution is -0.135. The van der Waals surface area contributed by atoms with Crippen molar-refractivity contribution in [3.05, 3.63) is 53.9 Å². The summed E-state index contributed by atoms with van der Waals surface area (Å²) >= 11 is 0. The third-order valence-corrected chi connectivity index (χ3v) is 4.43. The average Bonchev–Trinajstić information content (AvgIpc) is 3.04. The highest BCUT2D eigenvalue weighted by molar-refractivity contribution is 5.80. The summed E-state index contributed by atoms with van der Waals surface area (Å²) in [6.45, 7) is 3.66. The summed E-state index contributed by atoms with van der Waals surface area (Å²) in [7, 11) is 0. The number of nitrogens with zero attached hydrogens (tertiary/aromatic N) is 2. The molecule has 128 valence electrons. The van der Waals surface area contributed by atoms with Crippen LogP contribution in [0.5, 0.6) is 5.75 Å². The van der Waals surface area contributed by atoms with E-state index in [1.54, 1.807) is 0 Å². The van der Waals surface area contributed by atoms with Crippen LogP contribution in [-0.4, -0.2) is 33.6 Å². The SMILES string of the molecule is CCC[C@H](C(=O)N1CCOc2ccc(CO)cc2C1)n1cccc1. The molecule has 0 spiro atoms. The number of aliphatic hydroxyl groups excluding tert-OH is 1. The van der Waals surface area contributed by atoms with Crippen molar-refractivity contribution in [3.63, 3.8) is 0 Å². The van der Waals surface area contributed by atoms with E-state index >= 15 is 0 Å². The molecule has 1 atom stereocenters. The summed E-state index contributed by atoms with van der Waals surface area (Å²) in [5.74, 6) is 0.925. The molecule has 0 unspecified atom stereocenters. The molecule has 24 heavy (non-hydrogen) atoms. The van der Waals surface area contributed by atoms with Crippen LogP contribution < -0.4 is 4.74 Å². The standard InChI is InChI=1S/C19H24N2O3/c1-2-5-17(20-8-3-4-9-20)19(23)21-10-11-24-18-7-6-15(14-22)12-16(18)13-21/h3-4,6-9,12,17,22H,2,5,10-11,13-14H2,1H3/t17-/m1/s1. The van der Waals surface area contributed by atoms with Gasteiger partial charge in [-0.2, -0.15) is 0 Å². The second-order valence-corrected chi connectivity index (χ2v) is 6.14. The minimum atomic E-state index is -0.174. The van der Waals surface area contributed by atoms with Crippen LogP contribution in [0.15, 0.2) is 42.7 Å². The zero-order valence-electron chi connectivity index (χ0n) is 14.0. The number of benzene rings is 1. The van der Waals surface area contributed by atoms with E-state index in [2.05, 4.69) is 6.92 Å². The van der Waals surface area contributed by atoms with Crippen LogP contribution in [0.25, 0.3) is 0 Å². The highest BCUT2D eigenvalue weighted by Crippen LogP contribution is 2.27. The summed E-state index contributed by atoms with van der Waals surface area (Å²) in [6.07, 6.45) is 5.66. The molecular formula is C19H24N2O3. The molecule has 1 aliphatic heterocycles. The van der Waals surface area contributed by atoms with Crippen molar-refractivity contribution in [2.75, 3.05) is 13.2 Å². The van der Waals surface area contributed by atoms with Crippen LogP contribution in [0.1, 0.15) is 36.9 Å². The Morgan fingerprint density at radius 3 is 2.83 bits per heavy atom. The van der Waals surface area contributed by atoms with E-state index in [4.69, 9.17) is 4.74 Å². The normalized spacial score (nSPS) is 15.3. The third kappa shape index (κ3) is 3.46. The van der Waals surface area contributed by atoms with Gasteiger partial charge in [0, 0.05) is 24.5 Å². The fourth-order valence-electron chi connectivity index (χ4n) is 3.17. The lowest BCUT2D eigenvalue weighted by atomic mass is 10.1. The molecule has 1 aromatic carbocycles. The molecule has 0 fully saturated rings. The highest BCUT2D eigenvalue weighted by atomic mass is 16.5. The monoisotopic (exact) mass is 328 g/mol. The molecule has 0 radical (unpaired) electrons. The molecule has 0 saturated carbocycles. The van der Waals surface area contributed by atoms with Gasteiger partial charge in [0.05, 0.1) is 13.2 Å². The van der Waals surface area contributed by atoms with E-state index in [9.17, 15) is 9.90 Å². The van der Waals surface area contributed by atoms with Gasteiger partial charge >= 0.3 is 0 Å². The Bertz CT molecular complexity index is 682. The average molecular weight is 328 g/mol. The van der Waals surface area contributed by atoms with E-state index < -0.39 is 0 Å². The smallest absolute Gasteiger partial charge is 0.246 e. The molecule has 1 N–H and O–H groups in total. The first-order valence-electron chi connectivity index (χ1n) is 8.49. The number of aliphatic hydroxyl groups is 1. The number of aromatic nitrogens is 1. The second kappa shape index (κ2) is 7.53. The number of ether oxygens (including phenoxy) is 1. The number of rotatable bonds is 5. The van der Waals surface area contributed by atoms with E-state index in [1.807, 2.05) is 52.2 Å². The first-order chi connectivity index (χ1) is 11.7. The van der Waals surface area contributed by atoms with E-state index in [1.165, 1.54) is 0 Å². The van der Waals surface area contributed by atoms with Crippen molar-refractivity contribution >= 4 is 5.91 Å². The zero-order valence-corrected chi connectivity index (χ0v) is 14.0. The number of fused-ring (bicyclic) bond motifs is 1. The van der Waals surface area contributed by atoms with Gasteiger partial charge in [-0.05, 0) is 36.2 Å². The van der Waals surface area contributed by atoms with Crippen LogP contribution in [0.3, 0.4) is 0 Å². The summed E-state index contributed by atoms with van der Waals surface area (Å²) < 4.78 is 7.77. The summed E-state index contributed by atoms with van der Waals surface area (Å²) in [4.78, 5) is 15.0. The Morgan fingerprint density at radius 2 is 2.12 bits per heavy atom. The highest BCUT2D eigenvalue weighted by Gasteiger charge is 2.27. The quantitative estimate of drug-likeness (QED) is 0.918. The van der Waals surface area contributed by atoms with Gasteiger partial charge in [0.25, 0.3) is 0 Å². The maximum atomic E-state index is 13.1. The summed E-state index contributed by atoms with van der Waals surface area (Å²) in [5, 5.41) is 9.34. The van der Waals surface area contributed by atoms with Crippen LogP contribution in [0, 0.1) is 0 Å². The zero-order chi connectivity index (χ0) is 16.9. The third-order valence-electron chi connectivity index (χ3n) is 4.43. The summed E-state index contributed by atoms with van der Waals surface area (Å²) in [6, 6.07) is 9.38. The second-order valence-electron chi connectivity index (χ2n) is 6.14. The first-order valence-corrected chi connectivity index (χ1v) is 8.49. The fourth-order valence-corrected chi connectivity index (χ4v) is 3.17. The molecule has 2 heterocycles. The van der Waals surface area contributed by atoms with Crippen molar-refractivity contribution in [2.45, 2.75) is 39.0 Å². The van der Waals surface area contributed by atoms with Crippen molar-refractivity contribution in [1.82, 2.24) is 9.47 Å². The van der Waals surface area contributed by atoms with Gasteiger partial charge in [-0.25, -0.2) is 0 Å². The van der Waals surface area contributed by atoms with Gasteiger partial charge in [0.15, 0.2) is 0 Å². The van der Waals surface area contributed by atoms with E-state index in [0.717, 1.165) is 29.7 Å². The molecule has 0 bridgehead atoms. The van der Waals surface area contributed by atoms with Crippen LogP contribution >= 0.6 is 0 Å². The number of amides is 1. The predicted molar refractivity (Wildman–Crippen MR) is 91.7 cm³/mol. The largest absolute Gasteiger partial charge is 0.491 e. The van der Waals surface area contributed by atoms with Crippen molar-refractivity contribution < 1.29 is 14.6 Å². The van der Waals surface area contributed by atoms with Gasteiger partial charge in [-0.15, -0.1) is 0 Å². The van der Waals surface area contributed by atoms with E-state index in [-0.39, 0.29) is 18.6 Å². The number of carbonyl (C=O) groups excluding carboxylic acids is 1. The lowest BCUT2D eigenvalue weighted by Gasteiger charge is -2.26. The van der Waals surface area contributed by atoms with Crippen molar-refractivity contribution in [2.24, 2.45) is 0 Å². The Balaban J connectivity index is 1.83. The van der Waals surface area contributed by atoms with Gasteiger partial charge in [0.2, 0.25) is 5.91 Å². The number of hydrogen-bond donors (Lipinski definition) is 1. The van der Waals surface area contributed by atoms with Gasteiger partial charge in [-0.3, -0.25) is 4.79 Å². The maximum absolute atomic E-state index is 13.1. The molecule has 2 aromatic rings. The minimum absolute atomic E-state index is 0.0109. The first kappa shape index (κ1) is 16.6. The Kier molecular flexibility index (Phi) is 5.20. The molecule has 5 heteroatoms. The molecule has 0 aliphatic carbocycles. The number of carbonyl (C=O) groups is 1.